The van der Waals surface area contributed by atoms with Gasteiger partial charge in [0.05, 0.1) is 12.6 Å². The van der Waals surface area contributed by atoms with Crippen molar-refractivity contribution < 1.29 is 9.90 Å². The third kappa shape index (κ3) is 2.54. The Bertz CT molecular complexity index is 416. The first-order valence-corrected chi connectivity index (χ1v) is 6.37. The van der Waals surface area contributed by atoms with Gasteiger partial charge in [-0.2, -0.15) is 0 Å². The van der Waals surface area contributed by atoms with Crippen LogP contribution in [0.15, 0.2) is 24.3 Å². The minimum atomic E-state index is -0.627. The zero-order chi connectivity index (χ0) is 13.1. The van der Waals surface area contributed by atoms with Crippen molar-refractivity contribution >= 4 is 5.91 Å². The molecule has 1 aromatic carbocycles. The molecule has 3 N–H and O–H groups in total. The zero-order valence-corrected chi connectivity index (χ0v) is 10.7. The fraction of sp³-hybridized carbons (Fsp3) is 0.500. The number of aliphatic hydroxyl groups excluding tert-OH is 1. The van der Waals surface area contributed by atoms with Gasteiger partial charge in [0.15, 0.2) is 0 Å². The number of likely N-dealkylation sites (tertiary alicyclic amines) is 1. The first-order valence-electron chi connectivity index (χ1n) is 6.37. The van der Waals surface area contributed by atoms with Gasteiger partial charge in [0.25, 0.3) is 0 Å². The van der Waals surface area contributed by atoms with Gasteiger partial charge in [-0.3, -0.25) is 4.79 Å². The van der Waals surface area contributed by atoms with E-state index in [1.54, 1.807) is 4.90 Å². The van der Waals surface area contributed by atoms with Gasteiger partial charge in [-0.05, 0) is 25.3 Å². The second-order valence-corrected chi connectivity index (χ2v) is 4.90. The van der Waals surface area contributed by atoms with E-state index in [0.29, 0.717) is 6.54 Å². The van der Waals surface area contributed by atoms with Crippen molar-refractivity contribution in [3.05, 3.63) is 35.4 Å². The first-order chi connectivity index (χ1) is 8.63. The number of hydrogen-bond acceptors (Lipinski definition) is 3. The monoisotopic (exact) mass is 248 g/mol. The maximum absolute atomic E-state index is 12.3. The van der Waals surface area contributed by atoms with Crippen LogP contribution in [-0.2, 0) is 4.79 Å². The minimum Gasteiger partial charge on any atom is -0.394 e. The summed E-state index contributed by atoms with van der Waals surface area (Å²) in [5, 5.41) is 9.24. The molecule has 0 bridgehead atoms. The van der Waals surface area contributed by atoms with Crippen LogP contribution in [-0.4, -0.2) is 35.1 Å². The Balaban J connectivity index is 2.11. The molecule has 1 aliphatic heterocycles. The Labute approximate surface area is 107 Å². The highest BCUT2D eigenvalue weighted by atomic mass is 16.3. The Kier molecular flexibility index (Phi) is 3.99. The van der Waals surface area contributed by atoms with E-state index in [0.717, 1.165) is 24.0 Å². The SMILES string of the molecule is Cc1ccc(C(N)C(=O)N2CCC[C@H]2CO)cc1. The summed E-state index contributed by atoms with van der Waals surface area (Å²) in [5.74, 6) is -0.0876. The lowest BCUT2D eigenvalue weighted by Crippen LogP contribution is -2.42. The lowest BCUT2D eigenvalue weighted by atomic mass is 10.0. The average molecular weight is 248 g/mol. The maximum atomic E-state index is 12.3. The minimum absolute atomic E-state index is 0.0202. The van der Waals surface area contributed by atoms with E-state index in [4.69, 9.17) is 5.73 Å². The van der Waals surface area contributed by atoms with Crippen molar-refractivity contribution in [1.82, 2.24) is 4.90 Å². The molecule has 0 aromatic heterocycles. The van der Waals surface area contributed by atoms with Crippen LogP contribution in [0.3, 0.4) is 0 Å². The van der Waals surface area contributed by atoms with E-state index < -0.39 is 6.04 Å². The number of hydrogen-bond donors (Lipinski definition) is 2. The van der Waals surface area contributed by atoms with Crippen molar-refractivity contribution in [3.63, 3.8) is 0 Å². The topological polar surface area (TPSA) is 66.6 Å². The van der Waals surface area contributed by atoms with Crippen LogP contribution >= 0.6 is 0 Å². The van der Waals surface area contributed by atoms with Crippen LogP contribution in [0.4, 0.5) is 0 Å². The summed E-state index contributed by atoms with van der Waals surface area (Å²) in [6.07, 6.45) is 1.81. The molecule has 1 heterocycles. The maximum Gasteiger partial charge on any atom is 0.244 e. The van der Waals surface area contributed by atoms with E-state index in [9.17, 15) is 9.90 Å². The fourth-order valence-electron chi connectivity index (χ4n) is 2.41. The quantitative estimate of drug-likeness (QED) is 0.838. The van der Waals surface area contributed by atoms with Crippen LogP contribution in [0.25, 0.3) is 0 Å². The highest BCUT2D eigenvalue weighted by molar-refractivity contribution is 5.83. The molecular weight excluding hydrogens is 228 g/mol. The summed E-state index contributed by atoms with van der Waals surface area (Å²) in [5.41, 5.74) is 7.99. The fourth-order valence-corrected chi connectivity index (χ4v) is 2.41. The van der Waals surface area contributed by atoms with E-state index in [1.165, 1.54) is 0 Å². The second kappa shape index (κ2) is 5.50. The Morgan fingerprint density at radius 3 is 2.78 bits per heavy atom. The van der Waals surface area contributed by atoms with Gasteiger partial charge in [-0.1, -0.05) is 29.8 Å². The first kappa shape index (κ1) is 13.1. The van der Waals surface area contributed by atoms with Crippen LogP contribution in [0, 0.1) is 6.92 Å². The molecule has 1 aromatic rings. The van der Waals surface area contributed by atoms with Gasteiger partial charge >= 0.3 is 0 Å². The predicted molar refractivity (Wildman–Crippen MR) is 69.9 cm³/mol. The Morgan fingerprint density at radius 2 is 2.17 bits per heavy atom. The Morgan fingerprint density at radius 1 is 1.50 bits per heavy atom. The van der Waals surface area contributed by atoms with Gasteiger partial charge < -0.3 is 15.7 Å². The van der Waals surface area contributed by atoms with Gasteiger partial charge in [0.2, 0.25) is 5.91 Å². The second-order valence-electron chi connectivity index (χ2n) is 4.90. The number of benzene rings is 1. The van der Waals surface area contributed by atoms with Crippen LogP contribution < -0.4 is 5.73 Å². The van der Waals surface area contributed by atoms with Gasteiger partial charge in [-0.25, -0.2) is 0 Å². The average Bonchev–Trinajstić information content (AvgIpc) is 2.86. The molecule has 0 radical (unpaired) electrons. The summed E-state index contributed by atoms with van der Waals surface area (Å²) in [6.45, 7) is 2.72. The molecule has 1 fully saturated rings. The van der Waals surface area contributed by atoms with Crippen molar-refractivity contribution in [3.8, 4) is 0 Å². The number of aryl methyl sites for hydroxylation is 1. The molecule has 98 valence electrons. The van der Waals surface area contributed by atoms with Gasteiger partial charge in [0.1, 0.15) is 6.04 Å². The van der Waals surface area contributed by atoms with Crippen molar-refractivity contribution in [1.29, 1.82) is 0 Å². The molecular formula is C14H20N2O2. The number of amides is 1. The number of aliphatic hydroxyl groups is 1. The lowest BCUT2D eigenvalue weighted by molar-refractivity contribution is -0.134. The summed E-state index contributed by atoms with van der Waals surface area (Å²) in [4.78, 5) is 14.0. The van der Waals surface area contributed by atoms with E-state index >= 15 is 0 Å². The van der Waals surface area contributed by atoms with Crippen LogP contribution in [0.5, 0.6) is 0 Å². The van der Waals surface area contributed by atoms with Crippen molar-refractivity contribution in [2.75, 3.05) is 13.2 Å². The molecule has 4 heteroatoms. The molecule has 1 amide bonds. The smallest absolute Gasteiger partial charge is 0.244 e. The van der Waals surface area contributed by atoms with E-state index in [2.05, 4.69) is 0 Å². The predicted octanol–water partition coefficient (Wildman–Crippen LogP) is 0.978. The lowest BCUT2D eigenvalue weighted by Gasteiger charge is -2.26. The molecule has 0 saturated carbocycles. The molecule has 2 rings (SSSR count). The van der Waals surface area contributed by atoms with Crippen molar-refractivity contribution in [2.45, 2.75) is 31.8 Å². The number of carbonyl (C=O) groups excluding carboxylic acids is 1. The molecule has 4 nitrogen and oxygen atoms in total. The molecule has 2 atom stereocenters. The van der Waals surface area contributed by atoms with Crippen LogP contribution in [0.2, 0.25) is 0 Å². The standard InChI is InChI=1S/C14H20N2O2/c1-10-4-6-11(7-5-10)13(15)14(18)16-8-2-3-12(16)9-17/h4-7,12-13,17H,2-3,8-9,15H2,1H3/t12-,13?/m0/s1. The van der Waals surface area contributed by atoms with E-state index in [-0.39, 0.29) is 18.6 Å². The summed E-state index contributed by atoms with van der Waals surface area (Å²) in [7, 11) is 0. The molecule has 1 aliphatic rings. The molecule has 1 unspecified atom stereocenters. The molecule has 18 heavy (non-hydrogen) atoms. The Hall–Kier alpha value is -1.39. The summed E-state index contributed by atoms with van der Waals surface area (Å²) >= 11 is 0. The number of nitrogens with zero attached hydrogens (tertiary/aromatic N) is 1. The van der Waals surface area contributed by atoms with Gasteiger partial charge in [-0.15, -0.1) is 0 Å². The molecule has 0 aliphatic carbocycles. The third-order valence-electron chi connectivity index (χ3n) is 3.57. The third-order valence-corrected chi connectivity index (χ3v) is 3.57. The van der Waals surface area contributed by atoms with Crippen LogP contribution in [0.1, 0.15) is 30.0 Å². The molecule has 0 spiro atoms. The summed E-state index contributed by atoms with van der Waals surface area (Å²) in [6, 6.07) is 7.00. The number of nitrogens with two attached hydrogens (primary N) is 1. The zero-order valence-electron chi connectivity index (χ0n) is 10.7. The number of carbonyl (C=O) groups is 1. The van der Waals surface area contributed by atoms with Crippen molar-refractivity contribution in [2.24, 2.45) is 5.73 Å². The largest absolute Gasteiger partial charge is 0.394 e. The normalized spacial score (nSPS) is 21.1. The highest BCUT2D eigenvalue weighted by Gasteiger charge is 2.31. The summed E-state index contributed by atoms with van der Waals surface area (Å²) < 4.78 is 0. The van der Waals surface area contributed by atoms with Gasteiger partial charge in [0, 0.05) is 6.54 Å². The number of rotatable bonds is 3. The molecule has 1 saturated heterocycles. The van der Waals surface area contributed by atoms with E-state index in [1.807, 2.05) is 31.2 Å². The highest BCUT2D eigenvalue weighted by Crippen LogP contribution is 2.22.